The molecule has 0 saturated heterocycles. The van der Waals surface area contributed by atoms with Gasteiger partial charge < -0.3 is 10.2 Å². The van der Waals surface area contributed by atoms with Gasteiger partial charge in [0.2, 0.25) is 0 Å². The summed E-state index contributed by atoms with van der Waals surface area (Å²) in [4.78, 5) is 26.3. The molecule has 0 amide bonds. The maximum Gasteiger partial charge on any atom is 0.177 e. The minimum Gasteiger partial charge on any atom is -0.376 e. The molecule has 5 nitrogen and oxygen atoms in total. The van der Waals surface area contributed by atoms with Gasteiger partial charge in [-0.15, -0.1) is 0 Å². The largest absolute Gasteiger partial charge is 0.376 e. The van der Waals surface area contributed by atoms with E-state index in [4.69, 9.17) is 9.97 Å². The van der Waals surface area contributed by atoms with Crippen LogP contribution in [0.2, 0.25) is 0 Å². The van der Waals surface area contributed by atoms with E-state index in [1.54, 1.807) is 0 Å². The number of fused-ring (bicyclic) bond motifs is 6. The van der Waals surface area contributed by atoms with Crippen molar-refractivity contribution < 1.29 is 4.79 Å². The summed E-state index contributed by atoms with van der Waals surface area (Å²) in [6.45, 7) is 0. The predicted molar refractivity (Wildman–Crippen MR) is 159 cm³/mol. The maximum absolute atomic E-state index is 14.3. The van der Waals surface area contributed by atoms with Crippen LogP contribution in [0.5, 0.6) is 0 Å². The average Bonchev–Trinajstić information content (AvgIpc) is 2.97. The van der Waals surface area contributed by atoms with Crippen molar-refractivity contribution in [1.82, 2.24) is 14.9 Å². The van der Waals surface area contributed by atoms with E-state index in [2.05, 4.69) is 16.3 Å². The normalized spacial score (nSPS) is 15.1. The fraction of sp³-hybridized carbons (Fsp3) is 0.0882. The number of anilines is 1. The molecule has 1 heterocycles. The van der Waals surface area contributed by atoms with Crippen LogP contribution in [0, 0.1) is 0 Å². The van der Waals surface area contributed by atoms with Crippen LogP contribution in [0.25, 0.3) is 38.5 Å². The lowest BCUT2D eigenvalue weighted by atomic mass is 9.77. The summed E-state index contributed by atoms with van der Waals surface area (Å²) in [6, 6.07) is 36.1. The minimum absolute atomic E-state index is 0.0758. The van der Waals surface area contributed by atoms with Gasteiger partial charge >= 0.3 is 0 Å². The van der Waals surface area contributed by atoms with Gasteiger partial charge in [0, 0.05) is 36.3 Å². The summed E-state index contributed by atoms with van der Waals surface area (Å²) in [6.07, 6.45) is 0. The Balaban J connectivity index is 1.56. The van der Waals surface area contributed by atoms with E-state index in [0.717, 1.165) is 61.0 Å². The lowest BCUT2D eigenvalue weighted by Crippen LogP contribution is -2.30. The zero-order valence-electron chi connectivity index (χ0n) is 21.7. The van der Waals surface area contributed by atoms with Gasteiger partial charge in [-0.2, -0.15) is 0 Å². The second-order valence-electron chi connectivity index (χ2n) is 10.1. The third kappa shape index (κ3) is 3.74. The van der Waals surface area contributed by atoms with Crippen LogP contribution in [-0.4, -0.2) is 34.7 Å². The quantitative estimate of drug-likeness (QED) is 0.201. The highest BCUT2D eigenvalue weighted by Gasteiger charge is 2.37. The predicted octanol–water partition coefficient (Wildman–Crippen LogP) is 7.26. The Morgan fingerprint density at radius 2 is 1.31 bits per heavy atom. The zero-order valence-corrected chi connectivity index (χ0v) is 21.7. The summed E-state index contributed by atoms with van der Waals surface area (Å²) in [5.74, 6) is -0.384. The van der Waals surface area contributed by atoms with Crippen LogP contribution in [0.1, 0.15) is 27.4 Å². The Hall–Kier alpha value is -5.03. The van der Waals surface area contributed by atoms with Crippen LogP contribution in [0.4, 0.5) is 5.69 Å². The van der Waals surface area contributed by atoms with Gasteiger partial charge in [-0.1, -0.05) is 72.8 Å². The second kappa shape index (κ2) is 9.07. The SMILES string of the molecule is CN(C)C1=C(Nc2ccccc2)C(c2ccccc2)C(=O)c2ccc3c(ccc4nc5ccccc5nc43)c21. The van der Waals surface area contributed by atoms with Crippen molar-refractivity contribution in [2.45, 2.75) is 5.92 Å². The van der Waals surface area contributed by atoms with Crippen LogP contribution in [0.15, 0.2) is 115 Å². The average molecular weight is 507 g/mol. The number of Topliss-reactive ketones (excluding diaryl/α,β-unsaturated/α-hetero) is 1. The first-order valence-electron chi connectivity index (χ1n) is 13.1. The molecule has 1 aliphatic rings. The van der Waals surface area contributed by atoms with E-state index >= 15 is 0 Å². The van der Waals surface area contributed by atoms with Crippen molar-refractivity contribution in [2.24, 2.45) is 0 Å². The molecule has 6 aromatic rings. The molecule has 5 aromatic carbocycles. The molecule has 39 heavy (non-hydrogen) atoms. The minimum atomic E-state index is -0.460. The Morgan fingerprint density at radius 1 is 0.667 bits per heavy atom. The number of nitrogens with one attached hydrogen (secondary N) is 1. The number of nitrogens with zero attached hydrogens (tertiary/aromatic N) is 3. The molecule has 188 valence electrons. The summed E-state index contributed by atoms with van der Waals surface area (Å²) < 4.78 is 0. The third-order valence-corrected chi connectivity index (χ3v) is 7.45. The molecule has 5 heteroatoms. The number of ketones is 1. The summed E-state index contributed by atoms with van der Waals surface area (Å²) in [7, 11) is 4.08. The van der Waals surface area contributed by atoms with Crippen molar-refractivity contribution in [1.29, 1.82) is 0 Å². The van der Waals surface area contributed by atoms with Crippen molar-refractivity contribution in [3.05, 3.63) is 132 Å². The van der Waals surface area contributed by atoms with E-state index in [0.29, 0.717) is 5.56 Å². The molecule has 0 saturated carbocycles. The van der Waals surface area contributed by atoms with Crippen molar-refractivity contribution in [3.8, 4) is 0 Å². The first-order valence-corrected chi connectivity index (χ1v) is 13.1. The van der Waals surface area contributed by atoms with Gasteiger partial charge in [-0.3, -0.25) is 4.79 Å². The van der Waals surface area contributed by atoms with Gasteiger partial charge in [0.05, 0.1) is 39.4 Å². The summed E-state index contributed by atoms with van der Waals surface area (Å²) >= 11 is 0. The first-order chi connectivity index (χ1) is 19.1. The van der Waals surface area contributed by atoms with Crippen molar-refractivity contribution in [2.75, 3.05) is 19.4 Å². The van der Waals surface area contributed by atoms with E-state index in [-0.39, 0.29) is 5.78 Å². The number of allylic oxidation sites excluding steroid dienone is 1. The van der Waals surface area contributed by atoms with E-state index in [9.17, 15) is 4.79 Å². The topological polar surface area (TPSA) is 58.1 Å². The molecule has 7 rings (SSSR count). The Bertz CT molecular complexity index is 1930. The number of aromatic nitrogens is 2. The molecule has 0 aliphatic heterocycles. The Morgan fingerprint density at radius 3 is 2.03 bits per heavy atom. The van der Waals surface area contributed by atoms with Crippen LogP contribution in [-0.2, 0) is 0 Å². The molecule has 1 aliphatic carbocycles. The Kier molecular flexibility index (Phi) is 5.37. The number of hydrogen-bond acceptors (Lipinski definition) is 5. The van der Waals surface area contributed by atoms with E-state index < -0.39 is 5.92 Å². The monoisotopic (exact) mass is 506 g/mol. The first kappa shape index (κ1) is 23.1. The molecule has 1 N–H and O–H groups in total. The fourth-order valence-corrected chi connectivity index (χ4v) is 5.74. The van der Waals surface area contributed by atoms with Gasteiger partial charge in [-0.25, -0.2) is 9.97 Å². The zero-order chi connectivity index (χ0) is 26.5. The number of carbonyl (C=O) groups is 1. The maximum atomic E-state index is 14.3. The molecule has 1 unspecified atom stereocenters. The molecular formula is C34H26N4O. The van der Waals surface area contributed by atoms with E-state index in [1.165, 1.54) is 0 Å². The third-order valence-electron chi connectivity index (χ3n) is 7.45. The highest BCUT2D eigenvalue weighted by Crippen LogP contribution is 2.45. The molecule has 1 atom stereocenters. The summed E-state index contributed by atoms with van der Waals surface area (Å²) in [5, 5.41) is 5.61. The molecule has 0 radical (unpaired) electrons. The number of rotatable bonds is 4. The number of hydrogen-bond donors (Lipinski definition) is 1. The van der Waals surface area contributed by atoms with Crippen LogP contribution >= 0.6 is 0 Å². The highest BCUT2D eigenvalue weighted by atomic mass is 16.1. The molecule has 1 aromatic heterocycles. The molecule has 0 bridgehead atoms. The van der Waals surface area contributed by atoms with Gasteiger partial charge in [0.25, 0.3) is 0 Å². The lowest BCUT2D eigenvalue weighted by molar-refractivity contribution is 0.0970. The van der Waals surface area contributed by atoms with Gasteiger partial charge in [-0.05, 0) is 47.3 Å². The smallest absolute Gasteiger partial charge is 0.177 e. The van der Waals surface area contributed by atoms with Crippen LogP contribution < -0.4 is 5.32 Å². The Labute approximate surface area is 226 Å². The van der Waals surface area contributed by atoms with Crippen molar-refractivity contribution in [3.63, 3.8) is 0 Å². The van der Waals surface area contributed by atoms with Crippen molar-refractivity contribution >= 4 is 50.0 Å². The highest BCUT2D eigenvalue weighted by molar-refractivity contribution is 6.18. The number of benzene rings is 5. The molecule has 0 spiro atoms. The van der Waals surface area contributed by atoms with Gasteiger partial charge in [0.15, 0.2) is 5.78 Å². The number of carbonyl (C=O) groups excluding carboxylic acids is 1. The number of para-hydroxylation sites is 3. The molecule has 0 fully saturated rings. The lowest BCUT2D eigenvalue weighted by Gasteiger charge is -2.34. The van der Waals surface area contributed by atoms with E-state index in [1.807, 2.05) is 117 Å². The standard InChI is InChI=1S/C34H26N4O/c1-38(2)33-30-23-19-20-28-31(37-27-16-10-9-15-26(27)36-28)24(23)17-18-25(30)34(39)29(21-11-5-3-6-12-21)32(33)35-22-13-7-4-8-14-22/h3-20,29,35H,1-2H3. The summed E-state index contributed by atoms with van der Waals surface area (Å²) in [5.41, 5.74) is 8.78. The fourth-order valence-electron chi connectivity index (χ4n) is 5.74. The molecular weight excluding hydrogens is 480 g/mol. The second-order valence-corrected chi connectivity index (χ2v) is 10.1. The van der Waals surface area contributed by atoms with Gasteiger partial charge in [0.1, 0.15) is 0 Å². The van der Waals surface area contributed by atoms with Crippen LogP contribution in [0.3, 0.4) is 0 Å².